The van der Waals surface area contributed by atoms with E-state index in [0.29, 0.717) is 11.3 Å². The summed E-state index contributed by atoms with van der Waals surface area (Å²) in [5.41, 5.74) is 0.463. The molecule has 0 bridgehead atoms. The molecule has 20 heavy (non-hydrogen) atoms. The maximum absolute atomic E-state index is 12.3. The maximum atomic E-state index is 12.3. The van der Waals surface area contributed by atoms with Gasteiger partial charge < -0.3 is 19.9 Å². The summed E-state index contributed by atoms with van der Waals surface area (Å²) in [7, 11) is 2.81. The number of nitrogens with one attached hydrogen (secondary N) is 1. The molecule has 1 unspecified atom stereocenters. The predicted molar refractivity (Wildman–Crippen MR) is 72.8 cm³/mol. The molecule has 0 aromatic heterocycles. The number of Topliss-reactive ketones (excluding diaryl/α,β-unsaturated/α-hetero) is 1. The summed E-state index contributed by atoms with van der Waals surface area (Å²) in [6, 6.07) is 5.89. The summed E-state index contributed by atoms with van der Waals surface area (Å²) in [4.78, 5) is 23.6. The minimum Gasteiger partial charge on any atom is -0.497 e. The third kappa shape index (κ3) is 4.64. The first-order valence-electron chi connectivity index (χ1n) is 6.21. The van der Waals surface area contributed by atoms with E-state index in [4.69, 9.17) is 9.84 Å². The van der Waals surface area contributed by atoms with Gasteiger partial charge in [-0.05, 0) is 24.3 Å². The van der Waals surface area contributed by atoms with Crippen LogP contribution in [0.4, 0.5) is 0 Å². The second kappa shape index (κ2) is 8.29. The Labute approximate surface area is 117 Å². The zero-order chi connectivity index (χ0) is 15.0. The van der Waals surface area contributed by atoms with Gasteiger partial charge in [0, 0.05) is 12.1 Å². The van der Waals surface area contributed by atoms with Crippen molar-refractivity contribution in [3.8, 4) is 5.75 Å². The van der Waals surface area contributed by atoms with E-state index in [0.717, 1.165) is 0 Å². The Morgan fingerprint density at radius 2 is 1.90 bits per heavy atom. The van der Waals surface area contributed by atoms with Gasteiger partial charge in [0.2, 0.25) is 0 Å². The minimum atomic E-state index is -0.719. The van der Waals surface area contributed by atoms with Gasteiger partial charge in [-0.2, -0.15) is 0 Å². The van der Waals surface area contributed by atoms with Gasteiger partial charge in [0.25, 0.3) is 0 Å². The highest BCUT2D eigenvalue weighted by molar-refractivity contribution is 6.01. The summed E-state index contributed by atoms with van der Waals surface area (Å²) in [6.07, 6.45) is -0.0820. The number of hydrogen-bond donors (Lipinski definition) is 2. The first-order chi connectivity index (χ1) is 9.62. The highest BCUT2D eigenvalue weighted by atomic mass is 16.5. The number of benzene rings is 1. The fourth-order valence-corrected chi connectivity index (χ4v) is 1.70. The third-order valence-electron chi connectivity index (χ3n) is 2.79. The highest BCUT2D eigenvalue weighted by Crippen LogP contribution is 2.14. The van der Waals surface area contributed by atoms with Crippen molar-refractivity contribution >= 4 is 11.8 Å². The second-order valence-corrected chi connectivity index (χ2v) is 4.10. The first-order valence-corrected chi connectivity index (χ1v) is 6.21. The number of ether oxygens (including phenoxy) is 2. The van der Waals surface area contributed by atoms with Crippen molar-refractivity contribution in [1.82, 2.24) is 5.32 Å². The number of methoxy groups -OCH3 is 2. The molecule has 0 aliphatic carbocycles. The molecule has 1 aromatic carbocycles. The largest absolute Gasteiger partial charge is 0.497 e. The van der Waals surface area contributed by atoms with E-state index in [-0.39, 0.29) is 25.4 Å². The number of carbonyl (C=O) groups is 2. The first kappa shape index (κ1) is 16.1. The van der Waals surface area contributed by atoms with E-state index in [1.165, 1.54) is 7.11 Å². The Morgan fingerprint density at radius 3 is 2.40 bits per heavy atom. The zero-order valence-electron chi connectivity index (χ0n) is 11.6. The number of ketones is 1. The fraction of sp³-hybridized carbons (Fsp3) is 0.429. The van der Waals surface area contributed by atoms with Crippen LogP contribution in [0, 0.1) is 0 Å². The van der Waals surface area contributed by atoms with E-state index in [1.54, 1.807) is 31.4 Å². The van der Waals surface area contributed by atoms with Crippen LogP contribution in [-0.4, -0.2) is 50.3 Å². The average Bonchev–Trinajstić information content (AvgIpc) is 2.50. The molecule has 0 saturated heterocycles. The number of aliphatic hydroxyl groups excluding tert-OH is 1. The van der Waals surface area contributed by atoms with Crippen LogP contribution in [0.1, 0.15) is 16.8 Å². The zero-order valence-corrected chi connectivity index (χ0v) is 11.6. The summed E-state index contributed by atoms with van der Waals surface area (Å²) >= 11 is 0. The van der Waals surface area contributed by atoms with Crippen molar-refractivity contribution in [2.45, 2.75) is 12.5 Å². The van der Waals surface area contributed by atoms with E-state index < -0.39 is 12.0 Å². The van der Waals surface area contributed by atoms with Crippen LogP contribution >= 0.6 is 0 Å². The van der Waals surface area contributed by atoms with Crippen molar-refractivity contribution < 1.29 is 24.2 Å². The van der Waals surface area contributed by atoms with Gasteiger partial charge in [0.1, 0.15) is 5.75 Å². The maximum Gasteiger partial charge on any atom is 0.307 e. The SMILES string of the molecule is COC(=O)CC(NCCO)C(=O)c1ccc(OC)cc1. The summed E-state index contributed by atoms with van der Waals surface area (Å²) in [5.74, 6) is -0.0665. The van der Waals surface area contributed by atoms with Gasteiger partial charge in [-0.1, -0.05) is 0 Å². The Morgan fingerprint density at radius 1 is 1.25 bits per heavy atom. The van der Waals surface area contributed by atoms with Crippen LogP contribution in [0.2, 0.25) is 0 Å². The van der Waals surface area contributed by atoms with Gasteiger partial charge in [0.15, 0.2) is 5.78 Å². The third-order valence-corrected chi connectivity index (χ3v) is 2.79. The number of aliphatic hydroxyl groups is 1. The van der Waals surface area contributed by atoms with E-state index in [1.807, 2.05) is 0 Å². The molecule has 0 aliphatic heterocycles. The van der Waals surface area contributed by atoms with Crippen molar-refractivity contribution in [3.05, 3.63) is 29.8 Å². The molecule has 1 atom stereocenters. The van der Waals surface area contributed by atoms with Crippen molar-refractivity contribution in [3.63, 3.8) is 0 Å². The van der Waals surface area contributed by atoms with Gasteiger partial charge in [-0.25, -0.2) is 0 Å². The molecule has 0 radical (unpaired) electrons. The van der Waals surface area contributed by atoms with E-state index in [9.17, 15) is 9.59 Å². The van der Waals surface area contributed by atoms with Crippen LogP contribution in [0.5, 0.6) is 5.75 Å². The van der Waals surface area contributed by atoms with E-state index >= 15 is 0 Å². The van der Waals surface area contributed by atoms with Gasteiger partial charge >= 0.3 is 5.97 Å². The smallest absolute Gasteiger partial charge is 0.307 e. The van der Waals surface area contributed by atoms with Crippen LogP contribution in [0.15, 0.2) is 24.3 Å². The van der Waals surface area contributed by atoms with Gasteiger partial charge in [-0.15, -0.1) is 0 Å². The molecule has 0 heterocycles. The number of carbonyl (C=O) groups excluding carboxylic acids is 2. The molecule has 6 nitrogen and oxygen atoms in total. The highest BCUT2D eigenvalue weighted by Gasteiger charge is 2.22. The number of rotatable bonds is 8. The lowest BCUT2D eigenvalue weighted by Gasteiger charge is -2.16. The molecule has 110 valence electrons. The Bertz CT molecular complexity index is 443. The molecule has 0 amide bonds. The van der Waals surface area contributed by atoms with Gasteiger partial charge in [-0.3, -0.25) is 9.59 Å². The molecule has 1 rings (SSSR count). The van der Waals surface area contributed by atoms with Crippen molar-refractivity contribution in [2.75, 3.05) is 27.4 Å². The van der Waals surface area contributed by atoms with Crippen LogP contribution in [0.25, 0.3) is 0 Å². The Balaban J connectivity index is 2.81. The number of esters is 1. The summed E-state index contributed by atoms with van der Waals surface area (Å²) in [5, 5.41) is 11.7. The molecule has 0 aliphatic rings. The van der Waals surface area contributed by atoms with Crippen LogP contribution in [0.3, 0.4) is 0 Å². The lowest BCUT2D eigenvalue weighted by molar-refractivity contribution is -0.141. The average molecular weight is 281 g/mol. The topological polar surface area (TPSA) is 84.9 Å². The van der Waals surface area contributed by atoms with Crippen molar-refractivity contribution in [1.29, 1.82) is 0 Å². The Hall–Kier alpha value is -1.92. The fourth-order valence-electron chi connectivity index (χ4n) is 1.70. The summed E-state index contributed by atoms with van der Waals surface area (Å²) < 4.78 is 9.59. The molecular formula is C14H19NO5. The van der Waals surface area contributed by atoms with Gasteiger partial charge in [0.05, 0.1) is 33.3 Å². The van der Waals surface area contributed by atoms with Crippen LogP contribution < -0.4 is 10.1 Å². The quantitative estimate of drug-likeness (QED) is 0.530. The van der Waals surface area contributed by atoms with E-state index in [2.05, 4.69) is 10.1 Å². The normalized spacial score (nSPS) is 11.8. The summed E-state index contributed by atoms with van der Waals surface area (Å²) in [6.45, 7) is 0.108. The molecule has 2 N–H and O–H groups in total. The lowest BCUT2D eigenvalue weighted by Crippen LogP contribution is -2.40. The second-order valence-electron chi connectivity index (χ2n) is 4.10. The number of hydrogen-bond acceptors (Lipinski definition) is 6. The molecule has 0 fully saturated rings. The van der Waals surface area contributed by atoms with Crippen LogP contribution in [-0.2, 0) is 9.53 Å². The Kier molecular flexibility index (Phi) is 6.69. The standard InChI is InChI=1S/C14H19NO5/c1-19-11-5-3-10(4-6-11)14(18)12(15-7-8-16)9-13(17)20-2/h3-6,12,15-16H,7-9H2,1-2H3. The molecule has 1 aromatic rings. The van der Waals surface area contributed by atoms with Crippen molar-refractivity contribution in [2.24, 2.45) is 0 Å². The lowest BCUT2D eigenvalue weighted by atomic mass is 10.0. The molecular weight excluding hydrogens is 262 g/mol. The minimum absolute atomic E-state index is 0.0820. The predicted octanol–water partition coefficient (Wildman–Crippen LogP) is 0.391. The monoisotopic (exact) mass is 281 g/mol. The molecule has 0 spiro atoms. The molecule has 0 saturated carbocycles. The molecule has 6 heteroatoms.